The number of phosphoric ester groups is 1. The van der Waals surface area contributed by atoms with E-state index in [-0.39, 0.29) is 32.0 Å². The molecule has 430 valence electrons. The first kappa shape index (κ1) is 71.5. The van der Waals surface area contributed by atoms with Crippen LogP contribution < -0.4 is 0 Å². The second-order valence-electron chi connectivity index (χ2n) is 21.7. The molecule has 0 aromatic heterocycles. The molecular weight excluding hydrogens is 942 g/mol. The Morgan fingerprint density at radius 3 is 1.15 bits per heavy atom. The van der Waals surface area contributed by atoms with E-state index in [2.05, 4.69) is 86.8 Å². The number of rotatable bonds is 56. The van der Waals surface area contributed by atoms with Gasteiger partial charge in [-0.2, -0.15) is 0 Å². The largest absolute Gasteiger partial charge is 0.472 e. The maximum atomic E-state index is 12.8. The Hall–Kier alpha value is -2.55. The lowest BCUT2D eigenvalue weighted by atomic mass is 10.0. The predicted molar refractivity (Wildman–Crippen MR) is 316 cm³/mol. The molecule has 0 bridgehead atoms. The molecule has 0 aliphatic carbocycles. The van der Waals surface area contributed by atoms with Crippen LogP contribution in [-0.2, 0) is 32.7 Å². The van der Waals surface area contributed by atoms with Crippen LogP contribution in [0, 0.1) is 0 Å². The Kier molecular flexibility index (Phi) is 53.3. The summed E-state index contributed by atoms with van der Waals surface area (Å²) in [6, 6.07) is 0. The van der Waals surface area contributed by atoms with E-state index in [0.29, 0.717) is 17.4 Å². The second-order valence-corrected chi connectivity index (χ2v) is 23.2. The summed E-state index contributed by atoms with van der Waals surface area (Å²) in [5, 5.41) is 0. The summed E-state index contributed by atoms with van der Waals surface area (Å²) < 4.78 is 34.6. The zero-order valence-electron chi connectivity index (χ0n) is 48.8. The second kappa shape index (κ2) is 55.2. The van der Waals surface area contributed by atoms with Crippen molar-refractivity contribution in [2.75, 3.05) is 47.5 Å². The third-order valence-corrected chi connectivity index (χ3v) is 14.2. The van der Waals surface area contributed by atoms with Crippen molar-refractivity contribution < 1.29 is 42.1 Å². The molecule has 0 saturated carbocycles. The van der Waals surface area contributed by atoms with Gasteiger partial charge in [0.1, 0.15) is 19.8 Å². The molecule has 0 fully saturated rings. The smallest absolute Gasteiger partial charge is 0.462 e. The number of hydrogen-bond acceptors (Lipinski definition) is 7. The molecule has 0 aliphatic rings. The number of carbonyl (C=O) groups is 2. The standard InChI is InChI=1S/C64H116NO8P/c1-6-8-10-12-14-16-18-20-22-24-26-28-30-31-32-33-35-36-38-40-42-44-46-48-50-52-54-56-63(66)70-60-62(61-72-74(68,69)71-59-58-65(3,4)5)73-64(67)57-55-53-51-49-47-45-43-41-39-37-34-29-27-25-23-21-19-17-15-13-11-9-7-2/h9,11,15,17-18,20-21,23-24,26-27,29,62H,6-8,10,12-14,16,19,22,25,28,30-61H2,1-5H3/p+1/b11-9-,17-15-,20-18-,23-21-,26-24-,29-27-. The van der Waals surface area contributed by atoms with Crippen molar-refractivity contribution in [3.8, 4) is 0 Å². The van der Waals surface area contributed by atoms with E-state index in [4.69, 9.17) is 18.5 Å². The molecule has 0 aromatic carbocycles. The van der Waals surface area contributed by atoms with E-state index in [1.807, 2.05) is 21.1 Å². The van der Waals surface area contributed by atoms with Crippen LogP contribution in [0.25, 0.3) is 0 Å². The van der Waals surface area contributed by atoms with Crippen LogP contribution in [0.2, 0.25) is 0 Å². The third-order valence-electron chi connectivity index (χ3n) is 13.2. The molecule has 10 heteroatoms. The molecule has 9 nitrogen and oxygen atoms in total. The Bertz CT molecular complexity index is 1480. The first-order chi connectivity index (χ1) is 36.0. The van der Waals surface area contributed by atoms with Crippen LogP contribution in [0.15, 0.2) is 72.9 Å². The van der Waals surface area contributed by atoms with Gasteiger partial charge in [-0.3, -0.25) is 18.6 Å². The molecule has 2 atom stereocenters. The zero-order chi connectivity index (χ0) is 54.2. The minimum atomic E-state index is -4.39. The third kappa shape index (κ3) is 58.7. The average molecular weight is 1060 g/mol. The number of carbonyl (C=O) groups excluding carboxylic acids is 2. The fourth-order valence-corrected chi connectivity index (χ4v) is 9.25. The van der Waals surface area contributed by atoms with Crippen LogP contribution in [0.1, 0.15) is 271 Å². The summed E-state index contributed by atoms with van der Waals surface area (Å²) in [5.74, 6) is -0.796. The number of allylic oxidation sites excluding steroid dienone is 12. The average Bonchev–Trinajstić information content (AvgIpc) is 3.36. The molecule has 0 spiro atoms. The van der Waals surface area contributed by atoms with Crippen molar-refractivity contribution >= 4 is 19.8 Å². The Morgan fingerprint density at radius 1 is 0.432 bits per heavy atom. The van der Waals surface area contributed by atoms with Crippen molar-refractivity contribution in [3.63, 3.8) is 0 Å². The lowest BCUT2D eigenvalue weighted by Crippen LogP contribution is -2.37. The monoisotopic (exact) mass is 1060 g/mol. The molecule has 0 radical (unpaired) electrons. The molecule has 0 amide bonds. The highest BCUT2D eigenvalue weighted by molar-refractivity contribution is 7.47. The van der Waals surface area contributed by atoms with E-state index < -0.39 is 26.5 Å². The summed E-state index contributed by atoms with van der Waals surface area (Å²) in [4.78, 5) is 35.8. The van der Waals surface area contributed by atoms with Gasteiger partial charge in [-0.15, -0.1) is 0 Å². The Balaban J connectivity index is 4.12. The molecular formula is C64H117NO8P+. The molecule has 0 aliphatic heterocycles. The highest BCUT2D eigenvalue weighted by atomic mass is 31.2. The number of ether oxygens (including phenoxy) is 2. The van der Waals surface area contributed by atoms with E-state index in [1.54, 1.807) is 0 Å². The van der Waals surface area contributed by atoms with Crippen LogP contribution in [-0.4, -0.2) is 74.9 Å². The SMILES string of the molecule is CC/C=C\C/C=C\C/C=C\C/C=C\CCCCCCCCCCCCC(=O)OC(COC(=O)CCCCCCCCCCCCCCCCC/C=C\C/C=C\CCCCCCC)COP(=O)(O)OCC[N+](C)(C)C. The van der Waals surface area contributed by atoms with E-state index >= 15 is 0 Å². The summed E-state index contributed by atoms with van der Waals surface area (Å²) in [5.41, 5.74) is 0. The topological polar surface area (TPSA) is 108 Å². The molecule has 1 N–H and O–H groups in total. The number of nitrogens with zero attached hydrogens (tertiary/aromatic N) is 1. The minimum absolute atomic E-state index is 0.0290. The summed E-state index contributed by atoms with van der Waals surface area (Å²) in [6.45, 7) is 4.33. The molecule has 0 aromatic rings. The number of phosphoric acid groups is 1. The normalized spacial score (nSPS) is 13.8. The lowest BCUT2D eigenvalue weighted by molar-refractivity contribution is -0.870. The van der Waals surface area contributed by atoms with Gasteiger partial charge in [-0.05, 0) is 83.5 Å². The van der Waals surface area contributed by atoms with Crippen molar-refractivity contribution in [2.45, 2.75) is 277 Å². The van der Waals surface area contributed by atoms with Gasteiger partial charge in [0.2, 0.25) is 0 Å². The summed E-state index contributed by atoms with van der Waals surface area (Å²) in [7, 11) is 1.47. The van der Waals surface area contributed by atoms with Crippen molar-refractivity contribution in [1.29, 1.82) is 0 Å². The maximum Gasteiger partial charge on any atom is 0.472 e. The van der Waals surface area contributed by atoms with Crippen molar-refractivity contribution in [3.05, 3.63) is 72.9 Å². The number of esters is 2. The van der Waals surface area contributed by atoms with Gasteiger partial charge in [0.15, 0.2) is 6.10 Å². The quantitative estimate of drug-likeness (QED) is 0.0211. The Labute approximate surface area is 457 Å². The fourth-order valence-electron chi connectivity index (χ4n) is 8.51. The van der Waals surface area contributed by atoms with E-state index in [1.165, 1.54) is 161 Å². The van der Waals surface area contributed by atoms with Crippen LogP contribution in [0.4, 0.5) is 0 Å². The number of likely N-dealkylation sites (N-methyl/N-ethyl adjacent to an activating group) is 1. The molecule has 0 heterocycles. The van der Waals surface area contributed by atoms with Gasteiger partial charge in [0.25, 0.3) is 0 Å². The first-order valence-corrected chi connectivity index (χ1v) is 32.2. The van der Waals surface area contributed by atoms with Gasteiger partial charge in [0.05, 0.1) is 27.7 Å². The van der Waals surface area contributed by atoms with Crippen molar-refractivity contribution in [1.82, 2.24) is 0 Å². The molecule has 2 unspecified atom stereocenters. The fraction of sp³-hybridized carbons (Fsp3) is 0.781. The first-order valence-electron chi connectivity index (χ1n) is 30.7. The maximum absolute atomic E-state index is 12.8. The molecule has 0 saturated heterocycles. The van der Waals surface area contributed by atoms with E-state index in [0.717, 1.165) is 77.0 Å². The Morgan fingerprint density at radius 2 is 0.770 bits per heavy atom. The summed E-state index contributed by atoms with van der Waals surface area (Å²) >= 11 is 0. The van der Waals surface area contributed by atoms with Gasteiger partial charge in [0, 0.05) is 12.8 Å². The number of hydrogen-bond donors (Lipinski definition) is 1. The van der Waals surface area contributed by atoms with Gasteiger partial charge in [-0.1, -0.05) is 247 Å². The highest BCUT2D eigenvalue weighted by Crippen LogP contribution is 2.43. The number of unbranched alkanes of at least 4 members (excludes halogenated alkanes) is 30. The van der Waals surface area contributed by atoms with Gasteiger partial charge < -0.3 is 18.9 Å². The lowest BCUT2D eigenvalue weighted by Gasteiger charge is -2.24. The predicted octanol–water partition coefficient (Wildman–Crippen LogP) is 19.3. The van der Waals surface area contributed by atoms with Crippen LogP contribution in [0.3, 0.4) is 0 Å². The van der Waals surface area contributed by atoms with Gasteiger partial charge in [-0.25, -0.2) is 4.57 Å². The highest BCUT2D eigenvalue weighted by Gasteiger charge is 2.27. The number of quaternary nitrogens is 1. The zero-order valence-corrected chi connectivity index (χ0v) is 49.7. The summed E-state index contributed by atoms with van der Waals surface area (Å²) in [6.07, 6.45) is 72.6. The van der Waals surface area contributed by atoms with Gasteiger partial charge >= 0.3 is 19.8 Å². The molecule has 74 heavy (non-hydrogen) atoms. The molecule has 0 rings (SSSR count). The van der Waals surface area contributed by atoms with E-state index in [9.17, 15) is 19.0 Å². The van der Waals surface area contributed by atoms with Crippen LogP contribution in [0.5, 0.6) is 0 Å². The van der Waals surface area contributed by atoms with Crippen molar-refractivity contribution in [2.24, 2.45) is 0 Å². The minimum Gasteiger partial charge on any atom is -0.462 e. The van der Waals surface area contributed by atoms with Crippen LogP contribution >= 0.6 is 7.82 Å².